The molecular weight excluding hydrogens is 224 g/mol. The van der Waals surface area contributed by atoms with E-state index in [0.717, 1.165) is 36.8 Å². The molecule has 1 unspecified atom stereocenters. The van der Waals surface area contributed by atoms with Gasteiger partial charge >= 0.3 is 0 Å². The molecular formula is C14H24N4. The van der Waals surface area contributed by atoms with E-state index >= 15 is 0 Å². The summed E-state index contributed by atoms with van der Waals surface area (Å²) in [6.45, 7) is 9.51. The molecule has 0 aromatic carbocycles. The Morgan fingerprint density at radius 1 is 1.39 bits per heavy atom. The van der Waals surface area contributed by atoms with E-state index in [1.807, 2.05) is 20.0 Å². The first-order valence-electron chi connectivity index (χ1n) is 6.99. The van der Waals surface area contributed by atoms with Gasteiger partial charge in [0, 0.05) is 19.1 Å². The van der Waals surface area contributed by atoms with Crippen LogP contribution in [-0.4, -0.2) is 35.6 Å². The van der Waals surface area contributed by atoms with Crippen LogP contribution in [0.2, 0.25) is 0 Å². The fourth-order valence-corrected chi connectivity index (χ4v) is 2.38. The molecule has 0 spiro atoms. The predicted octanol–water partition coefficient (Wildman–Crippen LogP) is 2.06. The van der Waals surface area contributed by atoms with Gasteiger partial charge in [0.25, 0.3) is 0 Å². The summed E-state index contributed by atoms with van der Waals surface area (Å²) in [6, 6.07) is 0.599. The van der Waals surface area contributed by atoms with Crippen LogP contribution < -0.4 is 10.2 Å². The minimum atomic E-state index is 0.599. The van der Waals surface area contributed by atoms with Crippen molar-refractivity contribution in [2.45, 2.75) is 46.1 Å². The van der Waals surface area contributed by atoms with Crippen LogP contribution in [0, 0.1) is 13.8 Å². The van der Waals surface area contributed by atoms with Crippen molar-refractivity contribution in [1.82, 2.24) is 15.3 Å². The van der Waals surface area contributed by atoms with Crippen molar-refractivity contribution in [2.24, 2.45) is 0 Å². The first-order valence-corrected chi connectivity index (χ1v) is 6.99. The molecule has 1 fully saturated rings. The van der Waals surface area contributed by atoms with Crippen molar-refractivity contribution in [1.29, 1.82) is 0 Å². The standard InChI is InChI=1S/C14H24N4/c1-4-7-15-13-6-5-8-18(10-13)14-9-16-11(2)12(3)17-14/h9,13,15H,4-8,10H2,1-3H3. The van der Waals surface area contributed by atoms with E-state index in [9.17, 15) is 0 Å². The van der Waals surface area contributed by atoms with Crippen LogP contribution in [0.5, 0.6) is 0 Å². The zero-order valence-electron chi connectivity index (χ0n) is 11.7. The van der Waals surface area contributed by atoms with Crippen molar-refractivity contribution in [3.63, 3.8) is 0 Å². The normalized spacial score (nSPS) is 20.2. The van der Waals surface area contributed by atoms with Crippen LogP contribution in [0.1, 0.15) is 37.6 Å². The van der Waals surface area contributed by atoms with Gasteiger partial charge in [-0.3, -0.25) is 4.98 Å². The molecule has 4 nitrogen and oxygen atoms in total. The maximum atomic E-state index is 4.65. The highest BCUT2D eigenvalue weighted by atomic mass is 15.2. The van der Waals surface area contributed by atoms with Crippen molar-refractivity contribution in [3.05, 3.63) is 17.6 Å². The molecule has 1 aliphatic rings. The number of nitrogens with one attached hydrogen (secondary N) is 1. The fourth-order valence-electron chi connectivity index (χ4n) is 2.38. The van der Waals surface area contributed by atoms with E-state index in [2.05, 4.69) is 27.1 Å². The largest absolute Gasteiger partial charge is 0.354 e. The molecule has 1 aromatic heterocycles. The van der Waals surface area contributed by atoms with Gasteiger partial charge in [0.15, 0.2) is 0 Å². The molecule has 2 heterocycles. The van der Waals surface area contributed by atoms with Crippen LogP contribution >= 0.6 is 0 Å². The Morgan fingerprint density at radius 3 is 2.94 bits per heavy atom. The highest BCUT2D eigenvalue weighted by Crippen LogP contribution is 2.18. The van der Waals surface area contributed by atoms with E-state index in [-0.39, 0.29) is 0 Å². The third-order valence-electron chi connectivity index (χ3n) is 3.61. The summed E-state index contributed by atoms with van der Waals surface area (Å²) in [5.41, 5.74) is 2.06. The Bertz CT molecular complexity index is 391. The molecule has 4 heteroatoms. The second-order valence-electron chi connectivity index (χ2n) is 5.14. The molecule has 0 saturated carbocycles. The van der Waals surface area contributed by atoms with Gasteiger partial charge in [0.1, 0.15) is 5.82 Å². The number of piperidine rings is 1. The molecule has 2 rings (SSSR count). The van der Waals surface area contributed by atoms with Crippen LogP contribution in [-0.2, 0) is 0 Å². The number of aromatic nitrogens is 2. The lowest BCUT2D eigenvalue weighted by Gasteiger charge is -2.34. The number of hydrogen-bond acceptors (Lipinski definition) is 4. The smallest absolute Gasteiger partial charge is 0.147 e. The van der Waals surface area contributed by atoms with Crippen molar-refractivity contribution < 1.29 is 0 Å². The van der Waals surface area contributed by atoms with E-state index in [4.69, 9.17) is 0 Å². The second-order valence-corrected chi connectivity index (χ2v) is 5.14. The topological polar surface area (TPSA) is 41.0 Å². The van der Waals surface area contributed by atoms with E-state index in [0.29, 0.717) is 6.04 Å². The van der Waals surface area contributed by atoms with Gasteiger partial charge in [0.2, 0.25) is 0 Å². The Hall–Kier alpha value is -1.16. The summed E-state index contributed by atoms with van der Waals surface area (Å²) < 4.78 is 0. The molecule has 1 atom stereocenters. The number of anilines is 1. The van der Waals surface area contributed by atoms with Gasteiger partial charge in [-0.15, -0.1) is 0 Å². The van der Waals surface area contributed by atoms with Gasteiger partial charge in [-0.05, 0) is 39.7 Å². The van der Waals surface area contributed by atoms with Crippen molar-refractivity contribution in [2.75, 3.05) is 24.5 Å². The number of rotatable bonds is 4. The molecule has 0 aliphatic carbocycles. The maximum absolute atomic E-state index is 4.65. The lowest BCUT2D eigenvalue weighted by atomic mass is 10.1. The van der Waals surface area contributed by atoms with Gasteiger partial charge in [-0.1, -0.05) is 6.92 Å². The lowest BCUT2D eigenvalue weighted by molar-refractivity contribution is 0.421. The average Bonchev–Trinajstić information content (AvgIpc) is 2.40. The molecule has 0 radical (unpaired) electrons. The Morgan fingerprint density at radius 2 is 2.22 bits per heavy atom. The minimum absolute atomic E-state index is 0.599. The van der Waals surface area contributed by atoms with Gasteiger partial charge in [-0.2, -0.15) is 0 Å². The van der Waals surface area contributed by atoms with Crippen LogP contribution in [0.3, 0.4) is 0 Å². The zero-order valence-corrected chi connectivity index (χ0v) is 11.7. The molecule has 1 saturated heterocycles. The van der Waals surface area contributed by atoms with Gasteiger partial charge in [-0.25, -0.2) is 4.98 Å². The van der Waals surface area contributed by atoms with E-state index in [1.165, 1.54) is 19.3 Å². The second kappa shape index (κ2) is 6.14. The third-order valence-corrected chi connectivity index (χ3v) is 3.61. The fraction of sp³-hybridized carbons (Fsp3) is 0.714. The van der Waals surface area contributed by atoms with Gasteiger partial charge < -0.3 is 10.2 Å². The molecule has 1 aliphatic heterocycles. The van der Waals surface area contributed by atoms with Gasteiger partial charge in [0.05, 0.1) is 17.6 Å². The first-order chi connectivity index (χ1) is 8.70. The number of hydrogen-bond donors (Lipinski definition) is 1. The Balaban J connectivity index is 2.01. The molecule has 0 amide bonds. The summed E-state index contributed by atoms with van der Waals surface area (Å²) in [5.74, 6) is 1.03. The highest BCUT2D eigenvalue weighted by molar-refractivity contribution is 5.38. The molecule has 0 bridgehead atoms. The quantitative estimate of drug-likeness (QED) is 0.885. The molecule has 100 valence electrons. The molecule has 1 N–H and O–H groups in total. The summed E-state index contributed by atoms with van der Waals surface area (Å²) in [5, 5.41) is 3.61. The molecule has 1 aromatic rings. The third kappa shape index (κ3) is 3.19. The number of aryl methyl sites for hydroxylation is 2. The van der Waals surface area contributed by atoms with Crippen LogP contribution in [0.25, 0.3) is 0 Å². The summed E-state index contributed by atoms with van der Waals surface area (Å²) in [4.78, 5) is 11.4. The lowest BCUT2D eigenvalue weighted by Crippen LogP contribution is -2.46. The molecule has 18 heavy (non-hydrogen) atoms. The number of nitrogens with zero attached hydrogens (tertiary/aromatic N) is 3. The first kappa shape index (κ1) is 13.3. The van der Waals surface area contributed by atoms with E-state index in [1.54, 1.807) is 0 Å². The van der Waals surface area contributed by atoms with Crippen LogP contribution in [0.15, 0.2) is 6.20 Å². The van der Waals surface area contributed by atoms with Crippen molar-refractivity contribution in [3.8, 4) is 0 Å². The van der Waals surface area contributed by atoms with Crippen molar-refractivity contribution >= 4 is 5.82 Å². The summed E-state index contributed by atoms with van der Waals surface area (Å²) in [7, 11) is 0. The monoisotopic (exact) mass is 248 g/mol. The Labute approximate surface area is 110 Å². The highest BCUT2D eigenvalue weighted by Gasteiger charge is 2.20. The van der Waals surface area contributed by atoms with E-state index < -0.39 is 0 Å². The predicted molar refractivity (Wildman–Crippen MR) is 75.0 cm³/mol. The summed E-state index contributed by atoms with van der Waals surface area (Å²) in [6.07, 6.45) is 5.61. The summed E-state index contributed by atoms with van der Waals surface area (Å²) >= 11 is 0. The zero-order chi connectivity index (χ0) is 13.0. The average molecular weight is 248 g/mol. The maximum Gasteiger partial charge on any atom is 0.147 e. The minimum Gasteiger partial charge on any atom is -0.354 e. The van der Waals surface area contributed by atoms with Crippen LogP contribution in [0.4, 0.5) is 5.82 Å². The Kier molecular flexibility index (Phi) is 4.53. The SMILES string of the molecule is CCCNC1CCCN(c2cnc(C)c(C)n2)C1.